The molecule has 0 saturated carbocycles. The fourth-order valence-corrected chi connectivity index (χ4v) is 1.54. The number of likely N-dealkylation sites (N-methyl/N-ethyl adjacent to an activating group) is 1. The minimum atomic E-state index is -0.794. The largest absolute Gasteiger partial charge is 0.513 e. The zero-order valence-electron chi connectivity index (χ0n) is 12.3. The van der Waals surface area contributed by atoms with Crippen LogP contribution in [-0.2, 0) is 18.8 Å². The standard InChI is InChI=1S/C12H21BN2O4/c1-11(2)12(3,4)19-13(18-11)9(14)7-8(15-5)10(16)17-6/h7,14-15H,1-6H3/b8-7-,14-9?. The fraction of sp³-hybridized carbons (Fsp3) is 0.667. The number of methoxy groups -OCH3 is 1. The van der Waals surface area contributed by atoms with Crippen LogP contribution in [0.2, 0.25) is 0 Å². The minimum absolute atomic E-state index is 0.0633. The van der Waals surface area contributed by atoms with Crippen LogP contribution in [0.25, 0.3) is 0 Å². The zero-order chi connectivity index (χ0) is 14.8. The van der Waals surface area contributed by atoms with Crippen molar-refractivity contribution in [2.45, 2.75) is 38.9 Å². The summed E-state index contributed by atoms with van der Waals surface area (Å²) in [7, 11) is 2.07. The Morgan fingerprint density at radius 2 is 1.74 bits per heavy atom. The molecule has 1 aliphatic rings. The van der Waals surface area contributed by atoms with Crippen LogP contribution < -0.4 is 5.32 Å². The van der Waals surface area contributed by atoms with E-state index in [9.17, 15) is 4.79 Å². The number of hydrogen-bond donors (Lipinski definition) is 2. The molecule has 0 amide bonds. The molecular formula is C12H21BN2O4. The van der Waals surface area contributed by atoms with Gasteiger partial charge in [-0.3, -0.25) is 0 Å². The summed E-state index contributed by atoms with van der Waals surface area (Å²) in [5, 5.41) is 10.7. The van der Waals surface area contributed by atoms with Crippen molar-refractivity contribution in [3.05, 3.63) is 11.8 Å². The normalized spacial score (nSPS) is 21.2. The van der Waals surface area contributed by atoms with E-state index in [2.05, 4.69) is 10.1 Å². The SMILES string of the molecule is CN/C(=C\C(=N)B1OC(C)(C)C(C)(C)O1)C(=O)OC. The predicted molar refractivity (Wildman–Crippen MR) is 73.0 cm³/mol. The molecule has 1 heterocycles. The van der Waals surface area contributed by atoms with Gasteiger partial charge >= 0.3 is 13.1 Å². The molecular weight excluding hydrogens is 247 g/mol. The average molecular weight is 268 g/mol. The van der Waals surface area contributed by atoms with Crippen LogP contribution >= 0.6 is 0 Å². The summed E-state index contributed by atoms with van der Waals surface area (Å²) in [5.74, 6) is -0.538. The van der Waals surface area contributed by atoms with Crippen molar-refractivity contribution in [1.29, 1.82) is 5.41 Å². The number of esters is 1. The smallest absolute Gasteiger partial charge is 0.464 e. The lowest BCUT2D eigenvalue weighted by Gasteiger charge is -2.32. The first-order valence-corrected chi connectivity index (χ1v) is 6.06. The van der Waals surface area contributed by atoms with Gasteiger partial charge in [0, 0.05) is 7.05 Å². The van der Waals surface area contributed by atoms with Crippen molar-refractivity contribution in [3.63, 3.8) is 0 Å². The lowest BCUT2D eigenvalue weighted by Crippen LogP contribution is -2.41. The maximum Gasteiger partial charge on any atom is 0.513 e. The lowest BCUT2D eigenvalue weighted by molar-refractivity contribution is -0.136. The van der Waals surface area contributed by atoms with Gasteiger partial charge in [0.25, 0.3) is 0 Å². The first-order chi connectivity index (χ1) is 8.64. The quantitative estimate of drug-likeness (QED) is 0.343. The van der Waals surface area contributed by atoms with Crippen molar-refractivity contribution in [2.24, 2.45) is 0 Å². The highest BCUT2D eigenvalue weighted by Gasteiger charge is 2.52. The number of ether oxygens (including phenoxy) is 1. The molecule has 1 fully saturated rings. The highest BCUT2D eigenvalue weighted by molar-refractivity contribution is 6.84. The zero-order valence-corrected chi connectivity index (χ0v) is 12.3. The lowest BCUT2D eigenvalue weighted by atomic mass is 9.81. The number of rotatable bonds is 4. The van der Waals surface area contributed by atoms with Crippen LogP contribution in [-0.4, -0.2) is 44.1 Å². The van der Waals surface area contributed by atoms with Crippen molar-refractivity contribution in [1.82, 2.24) is 5.32 Å². The van der Waals surface area contributed by atoms with E-state index >= 15 is 0 Å². The summed E-state index contributed by atoms with van der Waals surface area (Å²) < 4.78 is 16.0. The molecule has 0 aromatic heterocycles. The Morgan fingerprint density at radius 3 is 2.11 bits per heavy atom. The molecule has 0 aromatic carbocycles. The number of hydrogen-bond acceptors (Lipinski definition) is 6. The van der Waals surface area contributed by atoms with Gasteiger partial charge < -0.3 is 24.8 Å². The molecule has 6 nitrogen and oxygen atoms in total. The fourth-order valence-electron chi connectivity index (χ4n) is 1.54. The Bertz CT molecular complexity index is 402. The van der Waals surface area contributed by atoms with E-state index in [0.717, 1.165) is 0 Å². The monoisotopic (exact) mass is 268 g/mol. The van der Waals surface area contributed by atoms with Crippen LogP contribution in [0.4, 0.5) is 0 Å². The maximum absolute atomic E-state index is 11.4. The minimum Gasteiger partial charge on any atom is -0.464 e. The summed E-state index contributed by atoms with van der Waals surface area (Å²) >= 11 is 0. The second kappa shape index (κ2) is 5.34. The Balaban J connectivity index is 2.87. The molecule has 0 atom stereocenters. The molecule has 0 bridgehead atoms. The molecule has 0 radical (unpaired) electrons. The topological polar surface area (TPSA) is 80.6 Å². The third-order valence-electron chi connectivity index (χ3n) is 3.48. The Morgan fingerprint density at radius 1 is 1.26 bits per heavy atom. The predicted octanol–water partition coefficient (Wildman–Crippen LogP) is 0.914. The Hall–Kier alpha value is -1.34. The molecule has 1 aliphatic heterocycles. The van der Waals surface area contributed by atoms with E-state index in [0.29, 0.717) is 0 Å². The molecule has 1 rings (SSSR count). The van der Waals surface area contributed by atoms with Gasteiger partial charge in [-0.2, -0.15) is 0 Å². The van der Waals surface area contributed by atoms with Crippen molar-refractivity contribution >= 4 is 18.7 Å². The summed E-state index contributed by atoms with van der Waals surface area (Å²) in [6, 6.07) is 0. The number of carbonyl (C=O) groups excluding carboxylic acids is 1. The van der Waals surface area contributed by atoms with Crippen LogP contribution in [0.1, 0.15) is 27.7 Å². The van der Waals surface area contributed by atoms with E-state index < -0.39 is 24.3 Å². The molecule has 2 N–H and O–H groups in total. The second-order valence-electron chi connectivity index (χ2n) is 5.34. The van der Waals surface area contributed by atoms with Gasteiger partial charge in [0.05, 0.1) is 23.9 Å². The van der Waals surface area contributed by atoms with E-state index in [1.54, 1.807) is 7.05 Å². The highest BCUT2D eigenvalue weighted by atomic mass is 16.7. The van der Waals surface area contributed by atoms with Crippen molar-refractivity contribution < 1.29 is 18.8 Å². The molecule has 1 saturated heterocycles. The molecule has 106 valence electrons. The highest BCUT2D eigenvalue weighted by Crippen LogP contribution is 2.36. The Labute approximate surface area is 114 Å². The van der Waals surface area contributed by atoms with Gasteiger partial charge in [0.1, 0.15) is 5.70 Å². The molecule has 19 heavy (non-hydrogen) atoms. The summed E-state index contributed by atoms with van der Waals surface area (Å²) in [6.07, 6.45) is 1.36. The summed E-state index contributed by atoms with van der Waals surface area (Å²) in [6.45, 7) is 7.62. The van der Waals surface area contributed by atoms with Crippen LogP contribution in [0.5, 0.6) is 0 Å². The van der Waals surface area contributed by atoms with Gasteiger partial charge in [0.15, 0.2) is 0 Å². The van der Waals surface area contributed by atoms with Crippen LogP contribution in [0, 0.1) is 5.41 Å². The van der Waals surface area contributed by atoms with Gasteiger partial charge in [-0.05, 0) is 33.8 Å². The summed E-state index contributed by atoms with van der Waals surface area (Å²) in [4.78, 5) is 11.4. The third-order valence-corrected chi connectivity index (χ3v) is 3.48. The Kier molecular flexibility index (Phi) is 4.42. The molecule has 0 aliphatic carbocycles. The summed E-state index contributed by atoms with van der Waals surface area (Å²) in [5.41, 5.74) is -0.776. The molecule has 0 aromatic rings. The van der Waals surface area contributed by atoms with E-state index in [4.69, 9.17) is 14.7 Å². The molecule has 0 spiro atoms. The molecule has 0 unspecified atom stereocenters. The second-order valence-corrected chi connectivity index (χ2v) is 5.34. The third kappa shape index (κ3) is 3.16. The van der Waals surface area contributed by atoms with Gasteiger partial charge in [0.2, 0.25) is 0 Å². The van der Waals surface area contributed by atoms with Crippen molar-refractivity contribution in [3.8, 4) is 0 Å². The first kappa shape index (κ1) is 15.7. The van der Waals surface area contributed by atoms with Crippen molar-refractivity contribution in [2.75, 3.05) is 14.2 Å². The number of allylic oxidation sites excluding steroid dienone is 1. The van der Waals surface area contributed by atoms with Gasteiger partial charge in [-0.25, -0.2) is 4.79 Å². The number of carbonyl (C=O) groups is 1. The first-order valence-electron chi connectivity index (χ1n) is 6.06. The molecule has 7 heteroatoms. The maximum atomic E-state index is 11.4. The number of nitrogens with one attached hydrogen (secondary N) is 2. The average Bonchev–Trinajstić information content (AvgIpc) is 2.54. The van der Waals surface area contributed by atoms with Gasteiger partial charge in [-0.15, -0.1) is 0 Å². The van der Waals surface area contributed by atoms with Crippen LogP contribution in [0.3, 0.4) is 0 Å². The van der Waals surface area contributed by atoms with E-state index in [-0.39, 0.29) is 11.3 Å². The van der Waals surface area contributed by atoms with E-state index in [1.165, 1.54) is 13.2 Å². The van der Waals surface area contributed by atoms with Gasteiger partial charge in [-0.1, -0.05) is 0 Å². The van der Waals surface area contributed by atoms with E-state index in [1.807, 2.05) is 27.7 Å². The van der Waals surface area contributed by atoms with Crippen LogP contribution in [0.15, 0.2) is 11.8 Å².